The maximum atomic E-state index is 5.37. The van der Waals surface area contributed by atoms with Gasteiger partial charge in [-0.3, -0.25) is 0 Å². The lowest BCUT2D eigenvalue weighted by atomic mass is 10.2. The number of allylic oxidation sites excluding steroid dienone is 2. The normalized spacial score (nSPS) is 15.4. The van der Waals surface area contributed by atoms with Crippen LogP contribution in [0.4, 0.5) is 5.69 Å². The quantitative estimate of drug-likeness (QED) is 0.673. The van der Waals surface area contributed by atoms with Gasteiger partial charge in [-0.15, -0.1) is 0 Å². The van der Waals surface area contributed by atoms with E-state index >= 15 is 0 Å². The Morgan fingerprint density at radius 3 is 2.72 bits per heavy atom. The van der Waals surface area contributed by atoms with Crippen molar-refractivity contribution in [1.29, 1.82) is 0 Å². The Morgan fingerprint density at radius 2 is 2.04 bits per heavy atom. The van der Waals surface area contributed by atoms with Crippen LogP contribution in [0.3, 0.4) is 0 Å². The zero-order valence-corrected chi connectivity index (χ0v) is 17.1. The summed E-state index contributed by atoms with van der Waals surface area (Å²) < 4.78 is 7.74. The van der Waals surface area contributed by atoms with Crippen molar-refractivity contribution in [3.63, 3.8) is 0 Å². The van der Waals surface area contributed by atoms with Crippen molar-refractivity contribution in [2.75, 3.05) is 18.6 Å². The minimum absolute atomic E-state index is 0.906. The van der Waals surface area contributed by atoms with E-state index in [4.69, 9.17) is 4.74 Å². The molecule has 2 aromatic rings. The zero-order chi connectivity index (χ0) is 18.0. The van der Waals surface area contributed by atoms with Crippen LogP contribution in [0.2, 0.25) is 0 Å². The number of nitrogens with zero attached hydrogens (tertiary/aromatic N) is 2. The second-order valence-corrected chi connectivity index (χ2v) is 8.17. The topological polar surface area (TPSA) is 16.4 Å². The van der Waals surface area contributed by atoms with E-state index < -0.39 is 0 Å². The first kappa shape index (κ1) is 18.1. The molecule has 3 nitrogen and oxygen atoms in total. The second kappa shape index (κ2) is 7.67. The number of hydrogen-bond acceptors (Lipinski definition) is 4. The number of hydrogen-bond donors (Lipinski definition) is 0. The van der Waals surface area contributed by atoms with E-state index in [0.717, 1.165) is 18.8 Å². The largest absolute Gasteiger partial charge is 0.497 e. The van der Waals surface area contributed by atoms with Gasteiger partial charge in [0.25, 0.3) is 5.01 Å². The number of fused-ring (bicyclic) bond motifs is 1. The number of ether oxygens (including phenoxy) is 1. The van der Waals surface area contributed by atoms with Crippen LogP contribution in [0.5, 0.6) is 5.75 Å². The third-order valence-corrected chi connectivity index (χ3v) is 6.78. The molecule has 1 aromatic carbocycles. The third kappa shape index (κ3) is 3.48. The number of aryl methyl sites for hydroxylation is 1. The summed E-state index contributed by atoms with van der Waals surface area (Å²) in [7, 11) is 1.72. The summed E-state index contributed by atoms with van der Waals surface area (Å²) in [5, 5.41) is 2.56. The minimum atomic E-state index is 0.906. The van der Waals surface area contributed by atoms with E-state index in [1.165, 1.54) is 31.2 Å². The van der Waals surface area contributed by atoms with Crippen LogP contribution in [0.25, 0.3) is 6.08 Å². The van der Waals surface area contributed by atoms with Crippen molar-refractivity contribution < 1.29 is 9.30 Å². The lowest BCUT2D eigenvalue weighted by molar-refractivity contribution is -0.696. The monoisotopic (exact) mass is 373 g/mol. The van der Waals surface area contributed by atoms with Crippen molar-refractivity contribution in [3.8, 4) is 5.75 Å². The molecular formula is C20H25N2OS2+. The summed E-state index contributed by atoms with van der Waals surface area (Å²) in [6.45, 7) is 10.7. The fourth-order valence-corrected chi connectivity index (χ4v) is 5.24. The van der Waals surface area contributed by atoms with E-state index in [1.807, 2.05) is 29.2 Å². The highest BCUT2D eigenvalue weighted by Gasteiger charge is 2.24. The molecule has 0 unspecified atom stereocenters. The van der Waals surface area contributed by atoms with Gasteiger partial charge in [-0.05, 0) is 39.0 Å². The number of aromatic nitrogens is 1. The molecule has 0 spiro atoms. The first-order valence-corrected chi connectivity index (χ1v) is 10.2. The highest BCUT2D eigenvalue weighted by molar-refractivity contribution is 8.03. The van der Waals surface area contributed by atoms with Gasteiger partial charge in [0.2, 0.25) is 0 Å². The summed E-state index contributed by atoms with van der Waals surface area (Å²) >= 11 is 3.68. The van der Waals surface area contributed by atoms with Crippen LogP contribution in [0, 0.1) is 13.8 Å². The molecular weight excluding hydrogens is 348 g/mol. The molecule has 25 heavy (non-hydrogen) atoms. The highest BCUT2D eigenvalue weighted by Crippen LogP contribution is 2.47. The average molecular weight is 374 g/mol. The van der Waals surface area contributed by atoms with Gasteiger partial charge >= 0.3 is 0 Å². The Labute approximate surface area is 158 Å². The van der Waals surface area contributed by atoms with E-state index in [9.17, 15) is 0 Å². The molecule has 0 saturated carbocycles. The molecule has 0 radical (unpaired) electrons. The van der Waals surface area contributed by atoms with Crippen molar-refractivity contribution in [1.82, 2.24) is 0 Å². The molecule has 1 aromatic heterocycles. The van der Waals surface area contributed by atoms with Crippen molar-refractivity contribution in [3.05, 3.63) is 51.0 Å². The van der Waals surface area contributed by atoms with Gasteiger partial charge < -0.3 is 9.64 Å². The number of rotatable bonds is 5. The highest BCUT2D eigenvalue weighted by atomic mass is 32.2. The predicted octanol–water partition coefficient (Wildman–Crippen LogP) is 5.17. The van der Waals surface area contributed by atoms with Gasteiger partial charge in [0.15, 0.2) is 5.69 Å². The maximum absolute atomic E-state index is 5.37. The van der Waals surface area contributed by atoms with Crippen LogP contribution in [0.1, 0.15) is 29.4 Å². The van der Waals surface area contributed by atoms with Gasteiger partial charge in [-0.25, -0.2) is 0 Å². The Kier molecular flexibility index (Phi) is 5.54. The first-order chi connectivity index (χ1) is 12.1. The van der Waals surface area contributed by atoms with Crippen LogP contribution in [0.15, 0.2) is 40.3 Å². The zero-order valence-electron chi connectivity index (χ0n) is 15.5. The number of anilines is 1. The molecule has 0 N–H and O–H groups in total. The lowest BCUT2D eigenvalue weighted by Gasteiger charge is -2.18. The van der Waals surface area contributed by atoms with E-state index in [0.29, 0.717) is 0 Å². The molecule has 0 bridgehead atoms. The first-order valence-electron chi connectivity index (χ1n) is 8.60. The number of thioether (sulfide) groups is 1. The molecule has 1 aliphatic rings. The SMILES string of the molecule is CCN1/C(=C\C=C\c2sc(C)c(C)[n+]2CC)Sc2ccc(OC)cc21. The second-order valence-electron chi connectivity index (χ2n) is 5.87. The molecule has 0 amide bonds. The summed E-state index contributed by atoms with van der Waals surface area (Å²) in [5.74, 6) is 0.906. The molecule has 0 saturated heterocycles. The van der Waals surface area contributed by atoms with Gasteiger partial charge in [-0.1, -0.05) is 29.2 Å². The van der Waals surface area contributed by atoms with E-state index in [1.54, 1.807) is 7.11 Å². The van der Waals surface area contributed by atoms with Crippen molar-refractivity contribution in [2.45, 2.75) is 39.1 Å². The Morgan fingerprint density at radius 1 is 1.24 bits per heavy atom. The maximum Gasteiger partial charge on any atom is 0.262 e. The molecule has 0 aliphatic carbocycles. The predicted molar refractivity (Wildman–Crippen MR) is 109 cm³/mol. The summed E-state index contributed by atoms with van der Waals surface area (Å²) in [6.07, 6.45) is 6.61. The molecule has 0 fully saturated rings. The van der Waals surface area contributed by atoms with Crippen LogP contribution < -0.4 is 14.2 Å². The van der Waals surface area contributed by atoms with Gasteiger partial charge in [-0.2, -0.15) is 4.57 Å². The molecule has 2 heterocycles. The van der Waals surface area contributed by atoms with Crippen molar-refractivity contribution >= 4 is 34.9 Å². The lowest BCUT2D eigenvalue weighted by Crippen LogP contribution is -2.36. The molecule has 3 rings (SSSR count). The fraction of sp³-hybridized carbons (Fsp3) is 0.350. The number of methoxy groups -OCH3 is 1. The number of thiazole rings is 1. The Bertz CT molecular complexity index is 836. The van der Waals surface area contributed by atoms with Gasteiger partial charge in [0, 0.05) is 30.5 Å². The van der Waals surface area contributed by atoms with Crippen LogP contribution in [-0.4, -0.2) is 13.7 Å². The van der Waals surface area contributed by atoms with Crippen molar-refractivity contribution in [2.24, 2.45) is 0 Å². The van der Waals surface area contributed by atoms with Gasteiger partial charge in [0.05, 0.1) is 22.7 Å². The van der Waals surface area contributed by atoms with E-state index in [-0.39, 0.29) is 0 Å². The summed E-state index contributed by atoms with van der Waals surface area (Å²) in [6, 6.07) is 6.29. The van der Waals surface area contributed by atoms with Gasteiger partial charge in [0.1, 0.15) is 12.3 Å². The third-order valence-electron chi connectivity index (χ3n) is 4.49. The van der Waals surface area contributed by atoms with Crippen LogP contribution >= 0.6 is 23.1 Å². The fourth-order valence-electron chi connectivity index (χ4n) is 3.03. The summed E-state index contributed by atoms with van der Waals surface area (Å²) in [4.78, 5) is 5.01. The van der Waals surface area contributed by atoms with Crippen LogP contribution in [-0.2, 0) is 6.54 Å². The molecule has 0 atom stereocenters. The molecule has 5 heteroatoms. The number of benzene rings is 1. The van der Waals surface area contributed by atoms with E-state index in [2.05, 4.69) is 67.5 Å². The molecule has 132 valence electrons. The molecule has 1 aliphatic heterocycles. The average Bonchev–Trinajstić information content (AvgIpc) is 3.10. The minimum Gasteiger partial charge on any atom is -0.497 e. The Balaban J connectivity index is 1.86. The summed E-state index contributed by atoms with van der Waals surface area (Å²) in [5.41, 5.74) is 2.60. The Hall–Kier alpha value is -1.72. The smallest absolute Gasteiger partial charge is 0.262 e. The standard InChI is InChI=1S/C20H25N2OS2/c1-6-21-14(3)15(4)24-19(21)9-8-10-20-22(7-2)17-13-16(23-5)11-12-18(17)25-20/h8-13H,6-7H2,1-5H3/q+1.